The van der Waals surface area contributed by atoms with Gasteiger partial charge in [0.25, 0.3) is 0 Å². The largest absolute Gasteiger partial charge is 0.294 e. The summed E-state index contributed by atoms with van der Waals surface area (Å²) in [5, 5.41) is 0.988. The maximum Gasteiger partial charge on any atom is 0.164 e. The molecule has 5 heteroatoms. The van der Waals surface area contributed by atoms with Crippen molar-refractivity contribution < 1.29 is 4.79 Å². The lowest BCUT2D eigenvalue weighted by Crippen LogP contribution is -2.05. The molecule has 3 rings (SSSR count). The summed E-state index contributed by atoms with van der Waals surface area (Å²) >= 11 is 17.5. The van der Waals surface area contributed by atoms with Crippen molar-refractivity contribution in [3.05, 3.63) is 98.4 Å². The van der Waals surface area contributed by atoms with E-state index < -0.39 is 0 Å². The van der Waals surface area contributed by atoms with Gasteiger partial charge in [0, 0.05) is 26.6 Å². The number of ketones is 1. The predicted octanol–water partition coefficient (Wildman–Crippen LogP) is 7.86. The summed E-state index contributed by atoms with van der Waals surface area (Å²) < 4.78 is 0.953. The van der Waals surface area contributed by atoms with Crippen molar-refractivity contribution in [1.29, 1.82) is 0 Å². The molecule has 0 bridgehead atoms. The molecular weight excluding hydrogens is 451 g/mol. The highest BCUT2D eigenvalue weighted by atomic mass is 79.9. The van der Waals surface area contributed by atoms with Gasteiger partial charge in [-0.1, -0.05) is 87.7 Å². The Morgan fingerprint density at radius 2 is 1.62 bits per heavy atom. The Kier molecular flexibility index (Phi) is 6.82. The van der Waals surface area contributed by atoms with Crippen molar-refractivity contribution in [2.45, 2.75) is 16.6 Å². The van der Waals surface area contributed by atoms with E-state index in [4.69, 9.17) is 23.2 Å². The molecule has 132 valence electrons. The fraction of sp³-hybridized carbons (Fsp3) is 0.0952. The van der Waals surface area contributed by atoms with Gasteiger partial charge < -0.3 is 0 Å². The van der Waals surface area contributed by atoms with Crippen LogP contribution >= 0.6 is 50.9 Å². The minimum Gasteiger partial charge on any atom is -0.294 e. The van der Waals surface area contributed by atoms with Gasteiger partial charge in [-0.15, -0.1) is 11.8 Å². The average Bonchev–Trinajstić information content (AvgIpc) is 2.66. The molecule has 0 N–H and O–H groups in total. The number of carbonyl (C=O) groups excluding carboxylic acids is 1. The highest BCUT2D eigenvalue weighted by molar-refractivity contribution is 9.10. The molecule has 0 aliphatic heterocycles. The number of rotatable bonds is 6. The molecule has 0 heterocycles. The molecule has 3 aromatic carbocycles. The molecule has 0 saturated carbocycles. The smallest absolute Gasteiger partial charge is 0.164 e. The Balaban J connectivity index is 1.87. The van der Waals surface area contributed by atoms with E-state index in [-0.39, 0.29) is 11.0 Å². The number of hydrogen-bond acceptors (Lipinski definition) is 2. The van der Waals surface area contributed by atoms with Crippen LogP contribution in [0.1, 0.15) is 27.6 Å². The Morgan fingerprint density at radius 1 is 0.923 bits per heavy atom. The molecule has 3 aromatic rings. The number of thioether (sulfide) groups is 1. The van der Waals surface area contributed by atoms with Crippen molar-refractivity contribution in [3.63, 3.8) is 0 Å². The van der Waals surface area contributed by atoms with Crippen LogP contribution in [0, 0.1) is 0 Å². The topological polar surface area (TPSA) is 17.1 Å². The SMILES string of the molecule is O=C(CC(Sc1cccc(Cl)c1Cl)c1ccccc1)c1ccc(Br)cc1. The first-order chi connectivity index (χ1) is 12.5. The third-order valence-corrected chi connectivity index (χ3v) is 6.67. The lowest BCUT2D eigenvalue weighted by molar-refractivity contribution is 0.0982. The summed E-state index contributed by atoms with van der Waals surface area (Å²) in [6.45, 7) is 0. The molecule has 0 saturated heterocycles. The highest BCUT2D eigenvalue weighted by Gasteiger charge is 2.20. The molecule has 1 nitrogen and oxygen atoms in total. The summed E-state index contributed by atoms with van der Waals surface area (Å²) in [6, 6.07) is 23.0. The van der Waals surface area contributed by atoms with E-state index in [1.54, 1.807) is 17.8 Å². The van der Waals surface area contributed by atoms with Gasteiger partial charge in [-0.05, 0) is 29.8 Å². The van der Waals surface area contributed by atoms with Crippen molar-refractivity contribution in [2.75, 3.05) is 0 Å². The maximum atomic E-state index is 12.8. The van der Waals surface area contributed by atoms with Crippen molar-refractivity contribution in [1.82, 2.24) is 0 Å². The molecule has 0 spiro atoms. The van der Waals surface area contributed by atoms with Gasteiger partial charge in [-0.25, -0.2) is 0 Å². The second-order valence-corrected chi connectivity index (χ2v) is 8.65. The third-order valence-electron chi connectivity index (χ3n) is 3.89. The molecule has 0 radical (unpaired) electrons. The van der Waals surface area contributed by atoms with Gasteiger partial charge in [0.15, 0.2) is 5.78 Å². The highest BCUT2D eigenvalue weighted by Crippen LogP contribution is 2.43. The van der Waals surface area contributed by atoms with E-state index in [9.17, 15) is 4.79 Å². The zero-order valence-corrected chi connectivity index (χ0v) is 17.6. The minimum absolute atomic E-state index is 0.0525. The summed E-state index contributed by atoms with van der Waals surface area (Å²) in [6.07, 6.45) is 0.374. The quantitative estimate of drug-likeness (QED) is 0.272. The van der Waals surface area contributed by atoms with Gasteiger partial charge in [-0.2, -0.15) is 0 Å². The van der Waals surface area contributed by atoms with Gasteiger partial charge in [0.2, 0.25) is 0 Å². The second kappa shape index (κ2) is 9.09. The van der Waals surface area contributed by atoms with Gasteiger partial charge in [0.1, 0.15) is 0 Å². The van der Waals surface area contributed by atoms with Gasteiger partial charge in [-0.3, -0.25) is 4.79 Å². The maximum absolute atomic E-state index is 12.8. The Labute approximate surface area is 175 Å². The lowest BCUT2D eigenvalue weighted by atomic mass is 10.0. The molecular formula is C21H15BrCl2OS. The van der Waals surface area contributed by atoms with Crippen LogP contribution in [-0.2, 0) is 0 Å². The van der Waals surface area contributed by atoms with Gasteiger partial charge in [0.05, 0.1) is 10.0 Å². The fourth-order valence-corrected chi connectivity index (χ4v) is 4.51. The van der Waals surface area contributed by atoms with E-state index in [1.165, 1.54) is 0 Å². The van der Waals surface area contributed by atoms with Crippen LogP contribution in [0.4, 0.5) is 0 Å². The van der Waals surface area contributed by atoms with Crippen LogP contribution in [0.25, 0.3) is 0 Å². The van der Waals surface area contributed by atoms with E-state index in [0.29, 0.717) is 22.0 Å². The predicted molar refractivity (Wildman–Crippen MR) is 115 cm³/mol. The van der Waals surface area contributed by atoms with Crippen LogP contribution in [0.3, 0.4) is 0 Å². The van der Waals surface area contributed by atoms with Crippen LogP contribution in [0.15, 0.2) is 82.2 Å². The van der Waals surface area contributed by atoms with Crippen LogP contribution in [-0.4, -0.2) is 5.78 Å². The Hall–Kier alpha value is -1.26. The van der Waals surface area contributed by atoms with Crippen molar-refractivity contribution >= 4 is 56.7 Å². The number of Topliss-reactive ketones (excluding diaryl/α,β-unsaturated/α-hetero) is 1. The zero-order valence-electron chi connectivity index (χ0n) is 13.7. The molecule has 0 aliphatic rings. The number of carbonyl (C=O) groups is 1. The van der Waals surface area contributed by atoms with E-state index in [0.717, 1.165) is 14.9 Å². The lowest BCUT2D eigenvalue weighted by Gasteiger charge is -2.18. The van der Waals surface area contributed by atoms with Crippen LogP contribution in [0.2, 0.25) is 10.0 Å². The molecule has 26 heavy (non-hydrogen) atoms. The van der Waals surface area contributed by atoms with Gasteiger partial charge >= 0.3 is 0 Å². The summed E-state index contributed by atoms with van der Waals surface area (Å²) in [4.78, 5) is 13.7. The molecule has 0 fully saturated rings. The van der Waals surface area contributed by atoms with Crippen LogP contribution in [0.5, 0.6) is 0 Å². The van der Waals surface area contributed by atoms with Crippen molar-refractivity contribution in [3.8, 4) is 0 Å². The number of halogens is 3. The summed E-state index contributed by atoms with van der Waals surface area (Å²) in [5.41, 5.74) is 1.78. The second-order valence-electron chi connectivity index (χ2n) is 5.70. The first-order valence-electron chi connectivity index (χ1n) is 7.99. The number of benzene rings is 3. The Morgan fingerprint density at radius 3 is 2.31 bits per heavy atom. The molecule has 0 aliphatic carbocycles. The standard InChI is InChI=1S/C21H15BrCl2OS/c22-16-11-9-14(10-12-16)18(25)13-20(15-5-2-1-3-6-15)26-19-8-4-7-17(23)21(19)24/h1-12,20H,13H2. The zero-order chi connectivity index (χ0) is 18.5. The average molecular weight is 466 g/mol. The fourth-order valence-electron chi connectivity index (χ4n) is 2.55. The van der Waals surface area contributed by atoms with E-state index in [1.807, 2.05) is 66.7 Å². The van der Waals surface area contributed by atoms with Crippen LogP contribution < -0.4 is 0 Å². The summed E-state index contributed by atoms with van der Waals surface area (Å²) in [7, 11) is 0. The van der Waals surface area contributed by atoms with E-state index >= 15 is 0 Å². The first kappa shape index (κ1) is 19.5. The molecule has 1 atom stereocenters. The van der Waals surface area contributed by atoms with Crippen molar-refractivity contribution in [2.24, 2.45) is 0 Å². The molecule has 1 unspecified atom stereocenters. The number of hydrogen-bond donors (Lipinski definition) is 0. The summed E-state index contributed by atoms with van der Waals surface area (Å²) in [5.74, 6) is 0.0944. The Bertz CT molecular complexity index is 898. The normalized spacial score (nSPS) is 12.0. The first-order valence-corrected chi connectivity index (χ1v) is 10.4. The monoisotopic (exact) mass is 464 g/mol. The minimum atomic E-state index is -0.0525. The van der Waals surface area contributed by atoms with E-state index in [2.05, 4.69) is 15.9 Å². The molecule has 0 aromatic heterocycles. The third kappa shape index (κ3) is 4.92. The molecule has 0 amide bonds.